The minimum atomic E-state index is -3.00. The summed E-state index contributed by atoms with van der Waals surface area (Å²) < 4.78 is 49.6. The highest BCUT2D eigenvalue weighted by Gasteiger charge is 2.19. The first-order valence-electron chi connectivity index (χ1n) is 7.36. The van der Waals surface area contributed by atoms with Crippen molar-refractivity contribution >= 4 is 17.6 Å². The second-order valence-corrected chi connectivity index (χ2v) is 5.54. The molecule has 0 saturated heterocycles. The number of hydrogen-bond donors (Lipinski definition) is 0. The lowest BCUT2D eigenvalue weighted by atomic mass is 10.2. The van der Waals surface area contributed by atoms with Crippen molar-refractivity contribution in [2.75, 3.05) is 13.9 Å². The number of carbonyl (C=O) groups is 1. The molecule has 0 aliphatic carbocycles. The monoisotopic (exact) mass is 386 g/mol. The van der Waals surface area contributed by atoms with Crippen molar-refractivity contribution in [3.8, 4) is 23.0 Å². The molecule has 0 amide bonds. The smallest absolute Gasteiger partial charge is 0.387 e. The van der Waals surface area contributed by atoms with Crippen LogP contribution in [0.15, 0.2) is 30.3 Å². The van der Waals surface area contributed by atoms with Crippen molar-refractivity contribution in [3.63, 3.8) is 0 Å². The number of benzene rings is 2. The Balaban J connectivity index is 1.69. The van der Waals surface area contributed by atoms with Gasteiger partial charge < -0.3 is 23.7 Å². The Hall–Kier alpha value is -2.74. The van der Waals surface area contributed by atoms with E-state index in [1.54, 1.807) is 12.1 Å². The summed E-state index contributed by atoms with van der Waals surface area (Å²) in [5.74, 6) is 0.0629. The molecule has 0 unspecified atom stereocenters. The minimum Gasteiger partial charge on any atom is -0.493 e. The highest BCUT2D eigenvalue weighted by molar-refractivity contribution is 6.32. The lowest BCUT2D eigenvalue weighted by Gasteiger charge is -2.11. The number of esters is 1. The SMILES string of the molecule is COc1cc(C(=O)OCc2cc(Cl)c3c(c2)OCO3)ccc1OC(F)F. The first-order chi connectivity index (χ1) is 12.5. The fourth-order valence-electron chi connectivity index (χ4n) is 2.32. The Morgan fingerprint density at radius 1 is 1.23 bits per heavy atom. The average Bonchev–Trinajstić information content (AvgIpc) is 3.08. The summed E-state index contributed by atoms with van der Waals surface area (Å²) >= 11 is 6.07. The summed E-state index contributed by atoms with van der Waals surface area (Å²) in [6, 6.07) is 7.02. The Kier molecular flexibility index (Phi) is 5.32. The molecule has 0 spiro atoms. The van der Waals surface area contributed by atoms with Crippen molar-refractivity contribution in [3.05, 3.63) is 46.5 Å². The number of hydrogen-bond acceptors (Lipinski definition) is 6. The van der Waals surface area contributed by atoms with E-state index in [2.05, 4.69) is 4.74 Å². The Labute approximate surface area is 152 Å². The van der Waals surface area contributed by atoms with E-state index in [-0.39, 0.29) is 30.5 Å². The molecule has 2 aromatic rings. The van der Waals surface area contributed by atoms with Crippen LogP contribution in [0.3, 0.4) is 0 Å². The van der Waals surface area contributed by atoms with Crippen LogP contribution in [-0.2, 0) is 11.3 Å². The van der Waals surface area contributed by atoms with Crippen LogP contribution < -0.4 is 18.9 Å². The Morgan fingerprint density at radius 2 is 2.04 bits per heavy atom. The third-order valence-corrected chi connectivity index (χ3v) is 3.75. The van der Waals surface area contributed by atoms with Crippen LogP contribution in [0.1, 0.15) is 15.9 Å². The van der Waals surface area contributed by atoms with E-state index < -0.39 is 12.6 Å². The van der Waals surface area contributed by atoms with Gasteiger partial charge in [-0.05, 0) is 35.9 Å². The number of rotatable bonds is 6. The number of carbonyl (C=O) groups excluding carboxylic acids is 1. The van der Waals surface area contributed by atoms with Gasteiger partial charge in [-0.2, -0.15) is 8.78 Å². The zero-order chi connectivity index (χ0) is 18.7. The first-order valence-corrected chi connectivity index (χ1v) is 7.73. The zero-order valence-electron chi connectivity index (χ0n) is 13.5. The van der Waals surface area contributed by atoms with E-state index in [0.29, 0.717) is 22.1 Å². The summed E-state index contributed by atoms with van der Waals surface area (Å²) in [5, 5.41) is 0.348. The molecule has 0 N–H and O–H groups in total. The number of alkyl halides is 2. The van der Waals surface area contributed by atoms with E-state index in [4.69, 9.17) is 30.5 Å². The highest BCUT2D eigenvalue weighted by Crippen LogP contribution is 2.40. The second kappa shape index (κ2) is 7.65. The van der Waals surface area contributed by atoms with Crippen LogP contribution in [0.2, 0.25) is 5.02 Å². The van der Waals surface area contributed by atoms with Gasteiger partial charge in [-0.25, -0.2) is 4.79 Å². The quantitative estimate of drug-likeness (QED) is 0.698. The lowest BCUT2D eigenvalue weighted by Crippen LogP contribution is -2.07. The molecule has 9 heteroatoms. The van der Waals surface area contributed by atoms with Gasteiger partial charge in [0.05, 0.1) is 17.7 Å². The highest BCUT2D eigenvalue weighted by atomic mass is 35.5. The summed E-state index contributed by atoms with van der Waals surface area (Å²) in [7, 11) is 1.28. The molecular formula is C17H13ClF2O6. The van der Waals surface area contributed by atoms with Gasteiger partial charge in [0.15, 0.2) is 23.0 Å². The summed E-state index contributed by atoms with van der Waals surface area (Å²) in [4.78, 5) is 12.2. The van der Waals surface area contributed by atoms with Gasteiger partial charge in [0.1, 0.15) is 6.61 Å². The van der Waals surface area contributed by atoms with Crippen molar-refractivity contribution < 1.29 is 37.3 Å². The van der Waals surface area contributed by atoms with Crippen LogP contribution in [0.25, 0.3) is 0 Å². The first kappa shape index (κ1) is 18.1. The molecule has 1 heterocycles. The maximum absolute atomic E-state index is 12.3. The number of ether oxygens (including phenoxy) is 5. The maximum atomic E-state index is 12.3. The molecule has 0 radical (unpaired) electrons. The van der Waals surface area contributed by atoms with Gasteiger partial charge >= 0.3 is 12.6 Å². The third kappa shape index (κ3) is 3.91. The molecule has 1 aliphatic rings. The number of methoxy groups -OCH3 is 1. The molecule has 26 heavy (non-hydrogen) atoms. The van der Waals surface area contributed by atoms with Crippen molar-refractivity contribution in [1.82, 2.24) is 0 Å². The largest absolute Gasteiger partial charge is 0.493 e. The fraction of sp³-hybridized carbons (Fsp3) is 0.235. The minimum absolute atomic E-state index is 0.00845. The van der Waals surface area contributed by atoms with Crippen LogP contribution in [-0.4, -0.2) is 26.5 Å². The second-order valence-electron chi connectivity index (χ2n) is 5.13. The van der Waals surface area contributed by atoms with Gasteiger partial charge in [-0.3, -0.25) is 0 Å². The average molecular weight is 387 g/mol. The topological polar surface area (TPSA) is 63.2 Å². The summed E-state index contributed by atoms with van der Waals surface area (Å²) in [6.07, 6.45) is 0. The molecule has 0 atom stereocenters. The normalized spacial score (nSPS) is 12.2. The molecule has 1 aliphatic heterocycles. The van der Waals surface area contributed by atoms with E-state index >= 15 is 0 Å². The standard InChI is InChI=1S/C17H13ClF2O6/c1-22-13-6-10(2-3-12(13)26-17(19)20)16(21)23-7-9-4-11(18)15-14(5-9)24-8-25-15/h2-6,17H,7-8H2,1H3. The predicted molar refractivity (Wildman–Crippen MR) is 86.3 cm³/mol. The molecule has 0 fully saturated rings. The van der Waals surface area contributed by atoms with E-state index in [1.165, 1.54) is 25.3 Å². The van der Waals surface area contributed by atoms with Gasteiger partial charge in [0.25, 0.3) is 0 Å². The van der Waals surface area contributed by atoms with Gasteiger partial charge in [-0.15, -0.1) is 0 Å². The summed E-state index contributed by atoms with van der Waals surface area (Å²) in [5.41, 5.74) is 0.729. The number of halogens is 3. The van der Waals surface area contributed by atoms with Gasteiger partial charge in [0, 0.05) is 0 Å². The molecule has 0 bridgehead atoms. The lowest BCUT2D eigenvalue weighted by molar-refractivity contribution is -0.0512. The Morgan fingerprint density at radius 3 is 2.77 bits per heavy atom. The zero-order valence-corrected chi connectivity index (χ0v) is 14.2. The predicted octanol–water partition coefficient (Wildman–Crippen LogP) is 4.04. The number of fused-ring (bicyclic) bond motifs is 1. The van der Waals surface area contributed by atoms with Crippen molar-refractivity contribution in [1.29, 1.82) is 0 Å². The van der Waals surface area contributed by atoms with Gasteiger partial charge in [-0.1, -0.05) is 11.6 Å². The molecule has 0 aromatic heterocycles. The fourth-order valence-corrected chi connectivity index (χ4v) is 2.61. The van der Waals surface area contributed by atoms with Crippen LogP contribution in [0.5, 0.6) is 23.0 Å². The van der Waals surface area contributed by atoms with Crippen LogP contribution in [0.4, 0.5) is 8.78 Å². The van der Waals surface area contributed by atoms with Crippen LogP contribution in [0, 0.1) is 0 Å². The molecule has 0 saturated carbocycles. The van der Waals surface area contributed by atoms with Crippen molar-refractivity contribution in [2.24, 2.45) is 0 Å². The molecule has 2 aromatic carbocycles. The van der Waals surface area contributed by atoms with Crippen molar-refractivity contribution in [2.45, 2.75) is 13.2 Å². The molecule has 3 rings (SSSR count). The van der Waals surface area contributed by atoms with E-state index in [1.807, 2.05) is 0 Å². The third-order valence-electron chi connectivity index (χ3n) is 3.47. The summed E-state index contributed by atoms with van der Waals surface area (Å²) in [6.45, 7) is -2.99. The Bertz CT molecular complexity index is 827. The molecule has 138 valence electrons. The molecular weight excluding hydrogens is 374 g/mol. The maximum Gasteiger partial charge on any atom is 0.387 e. The van der Waals surface area contributed by atoms with Gasteiger partial charge in [0.2, 0.25) is 6.79 Å². The molecule has 6 nitrogen and oxygen atoms in total. The van der Waals surface area contributed by atoms with Crippen LogP contribution >= 0.6 is 11.6 Å². The van der Waals surface area contributed by atoms with E-state index in [9.17, 15) is 13.6 Å². The van der Waals surface area contributed by atoms with E-state index in [0.717, 1.165) is 0 Å².